The van der Waals surface area contributed by atoms with Crippen LogP contribution in [0.15, 0.2) is 0 Å². The number of ketones is 1. The summed E-state index contributed by atoms with van der Waals surface area (Å²) in [7, 11) is 0. The number of rotatable bonds is 5. The second-order valence-electron chi connectivity index (χ2n) is 6.88. The minimum absolute atomic E-state index is 0.0818. The quantitative estimate of drug-likeness (QED) is 0.725. The Kier molecular flexibility index (Phi) is 5.53. The minimum atomic E-state index is -0.334. The summed E-state index contributed by atoms with van der Waals surface area (Å²) in [6.45, 7) is 13.8. The van der Waals surface area contributed by atoms with Crippen LogP contribution in [-0.2, 0) is 4.79 Å². The van der Waals surface area contributed by atoms with E-state index in [1.807, 2.05) is 20.8 Å². The molecule has 0 heterocycles. The molecule has 0 fully saturated rings. The Hall–Kier alpha value is -0.700. The Balaban J connectivity index is 4.73. The highest BCUT2D eigenvalue weighted by molar-refractivity contribution is 5.89. The molecule has 3 heteroatoms. The van der Waals surface area contributed by atoms with Crippen LogP contribution >= 0.6 is 0 Å². The van der Waals surface area contributed by atoms with Gasteiger partial charge in [0, 0.05) is 16.7 Å². The molecule has 0 aromatic rings. The van der Waals surface area contributed by atoms with Gasteiger partial charge in [0.1, 0.15) is 0 Å². The number of nitrogens with one attached hydrogen (secondary N) is 2. The van der Waals surface area contributed by atoms with Crippen LogP contribution < -0.4 is 5.32 Å². The molecule has 0 rings (SSSR count). The van der Waals surface area contributed by atoms with E-state index >= 15 is 0 Å². The SMILES string of the molecule is CC(=N)CCC(NC(C)(C)C)C(=O)C(C)(C)C. The van der Waals surface area contributed by atoms with Crippen molar-refractivity contribution in [1.29, 1.82) is 5.41 Å². The van der Waals surface area contributed by atoms with Crippen LogP contribution in [0.3, 0.4) is 0 Å². The third kappa shape index (κ3) is 7.27. The van der Waals surface area contributed by atoms with Crippen LogP contribution in [0, 0.1) is 10.8 Å². The van der Waals surface area contributed by atoms with Gasteiger partial charge in [-0.15, -0.1) is 0 Å². The average molecular weight is 240 g/mol. The highest BCUT2D eigenvalue weighted by atomic mass is 16.1. The number of carbonyl (C=O) groups is 1. The lowest BCUT2D eigenvalue weighted by molar-refractivity contribution is -0.129. The maximum atomic E-state index is 12.3. The van der Waals surface area contributed by atoms with Gasteiger partial charge in [0.2, 0.25) is 0 Å². The second-order valence-corrected chi connectivity index (χ2v) is 6.88. The summed E-state index contributed by atoms with van der Waals surface area (Å²) in [4.78, 5) is 12.3. The van der Waals surface area contributed by atoms with Gasteiger partial charge in [-0.3, -0.25) is 4.79 Å². The van der Waals surface area contributed by atoms with Gasteiger partial charge in [-0.1, -0.05) is 20.8 Å². The fraction of sp³-hybridized carbons (Fsp3) is 0.857. The molecule has 2 N–H and O–H groups in total. The molecule has 0 spiro atoms. The standard InChI is InChI=1S/C14H28N2O/c1-10(15)8-9-11(16-14(5,6)7)12(17)13(2,3)4/h11,15-16H,8-9H2,1-7H3. The van der Waals surface area contributed by atoms with Crippen LogP contribution in [-0.4, -0.2) is 23.1 Å². The first-order valence-electron chi connectivity index (χ1n) is 6.29. The second kappa shape index (κ2) is 5.76. The zero-order valence-electron chi connectivity index (χ0n) is 12.4. The highest BCUT2D eigenvalue weighted by Gasteiger charge is 2.31. The Labute approximate surface area is 106 Å². The van der Waals surface area contributed by atoms with Crippen LogP contribution in [0.1, 0.15) is 61.3 Å². The highest BCUT2D eigenvalue weighted by Crippen LogP contribution is 2.20. The van der Waals surface area contributed by atoms with Gasteiger partial charge in [-0.25, -0.2) is 0 Å². The smallest absolute Gasteiger partial charge is 0.155 e. The first-order chi connectivity index (χ1) is 7.43. The number of hydrogen-bond acceptors (Lipinski definition) is 3. The molecular formula is C14H28N2O. The van der Waals surface area contributed by atoms with E-state index in [1.165, 1.54) is 0 Å². The van der Waals surface area contributed by atoms with Gasteiger partial charge >= 0.3 is 0 Å². The molecule has 0 saturated carbocycles. The van der Waals surface area contributed by atoms with Crippen molar-refractivity contribution in [3.05, 3.63) is 0 Å². The maximum absolute atomic E-state index is 12.3. The van der Waals surface area contributed by atoms with Crippen LogP contribution in [0.5, 0.6) is 0 Å². The molecule has 0 bridgehead atoms. The third-order valence-electron chi connectivity index (χ3n) is 2.47. The van der Waals surface area contributed by atoms with E-state index in [4.69, 9.17) is 5.41 Å². The molecule has 0 aliphatic carbocycles. The molecular weight excluding hydrogens is 212 g/mol. The van der Waals surface area contributed by atoms with Crippen molar-refractivity contribution in [2.45, 2.75) is 72.9 Å². The van der Waals surface area contributed by atoms with Crippen molar-refractivity contribution in [3.8, 4) is 0 Å². The Morgan fingerprint density at radius 1 is 1.18 bits per heavy atom. The fourth-order valence-electron chi connectivity index (χ4n) is 1.68. The van der Waals surface area contributed by atoms with E-state index in [1.54, 1.807) is 6.92 Å². The monoisotopic (exact) mass is 240 g/mol. The van der Waals surface area contributed by atoms with Gasteiger partial charge in [-0.05, 0) is 40.5 Å². The average Bonchev–Trinajstić information content (AvgIpc) is 2.07. The molecule has 0 aliphatic rings. The summed E-state index contributed by atoms with van der Waals surface area (Å²) in [5, 5.41) is 10.8. The van der Waals surface area contributed by atoms with Crippen LogP contribution in [0.4, 0.5) is 0 Å². The first-order valence-corrected chi connectivity index (χ1v) is 6.29. The van der Waals surface area contributed by atoms with Gasteiger partial charge in [0.15, 0.2) is 5.78 Å². The predicted molar refractivity (Wildman–Crippen MR) is 73.8 cm³/mol. The molecule has 0 saturated heterocycles. The minimum Gasteiger partial charge on any atom is -0.310 e. The van der Waals surface area contributed by atoms with Crippen molar-refractivity contribution in [1.82, 2.24) is 5.32 Å². The summed E-state index contributed by atoms with van der Waals surface area (Å²) in [5.74, 6) is 0.230. The number of carbonyl (C=O) groups excluding carboxylic acids is 1. The molecule has 100 valence electrons. The fourth-order valence-corrected chi connectivity index (χ4v) is 1.68. The van der Waals surface area contributed by atoms with E-state index in [0.29, 0.717) is 18.6 Å². The van der Waals surface area contributed by atoms with E-state index in [9.17, 15) is 4.79 Å². The normalized spacial score (nSPS) is 14.5. The zero-order chi connectivity index (χ0) is 13.9. The Morgan fingerprint density at radius 2 is 1.65 bits per heavy atom. The van der Waals surface area contributed by atoms with Gasteiger partial charge in [0.25, 0.3) is 0 Å². The maximum Gasteiger partial charge on any atom is 0.155 e. The molecule has 1 unspecified atom stereocenters. The third-order valence-corrected chi connectivity index (χ3v) is 2.47. The molecule has 1 atom stereocenters. The lowest BCUT2D eigenvalue weighted by atomic mass is 9.84. The predicted octanol–water partition coefficient (Wildman–Crippen LogP) is 3.18. The molecule has 3 nitrogen and oxygen atoms in total. The van der Waals surface area contributed by atoms with Crippen molar-refractivity contribution in [2.24, 2.45) is 5.41 Å². The lowest BCUT2D eigenvalue weighted by Gasteiger charge is -2.31. The van der Waals surface area contributed by atoms with E-state index < -0.39 is 0 Å². The summed E-state index contributed by atoms with van der Waals surface area (Å²) in [5.41, 5.74) is 0.216. The number of Topliss-reactive ketones (excluding diaryl/α,β-unsaturated/α-hetero) is 1. The molecule has 0 radical (unpaired) electrons. The van der Waals surface area contributed by atoms with Crippen molar-refractivity contribution in [2.75, 3.05) is 0 Å². The summed E-state index contributed by atoms with van der Waals surface area (Å²) in [6, 6.07) is -0.157. The molecule has 0 aromatic carbocycles. The van der Waals surface area contributed by atoms with E-state index in [2.05, 4.69) is 26.1 Å². The molecule has 17 heavy (non-hydrogen) atoms. The van der Waals surface area contributed by atoms with E-state index in [0.717, 1.165) is 0 Å². The molecule has 0 amide bonds. The summed E-state index contributed by atoms with van der Waals surface area (Å²) < 4.78 is 0. The van der Waals surface area contributed by atoms with Crippen molar-refractivity contribution < 1.29 is 4.79 Å². The van der Waals surface area contributed by atoms with Gasteiger partial charge in [0.05, 0.1) is 6.04 Å². The lowest BCUT2D eigenvalue weighted by Crippen LogP contribution is -2.50. The van der Waals surface area contributed by atoms with Gasteiger partial charge in [-0.2, -0.15) is 0 Å². The van der Waals surface area contributed by atoms with Crippen LogP contribution in [0.25, 0.3) is 0 Å². The zero-order valence-corrected chi connectivity index (χ0v) is 12.4. The van der Waals surface area contributed by atoms with Crippen molar-refractivity contribution >= 4 is 11.5 Å². The molecule has 0 aromatic heterocycles. The summed E-state index contributed by atoms with van der Waals surface area (Å²) >= 11 is 0. The Morgan fingerprint density at radius 3 is 1.94 bits per heavy atom. The largest absolute Gasteiger partial charge is 0.310 e. The molecule has 0 aliphatic heterocycles. The Bertz CT molecular complexity index is 282. The topological polar surface area (TPSA) is 53.0 Å². The number of hydrogen-bond donors (Lipinski definition) is 2. The summed E-state index contributed by atoms with van der Waals surface area (Å²) in [6.07, 6.45) is 1.39. The first kappa shape index (κ1) is 16.3. The van der Waals surface area contributed by atoms with Crippen molar-refractivity contribution in [3.63, 3.8) is 0 Å². The van der Waals surface area contributed by atoms with E-state index in [-0.39, 0.29) is 22.8 Å². The van der Waals surface area contributed by atoms with Crippen LogP contribution in [0.2, 0.25) is 0 Å². The van der Waals surface area contributed by atoms with Gasteiger partial charge < -0.3 is 10.7 Å².